The van der Waals surface area contributed by atoms with Gasteiger partial charge in [0.05, 0.1) is 0 Å². The minimum atomic E-state index is 0.266. The fraction of sp³-hybridized carbons (Fsp3) is 0.917. The second-order valence-electron chi connectivity index (χ2n) is 5.25. The topological polar surface area (TPSA) is 41.1 Å². The van der Waals surface area contributed by atoms with Crippen LogP contribution in [0, 0.1) is 11.8 Å². The van der Waals surface area contributed by atoms with Gasteiger partial charge in [-0.2, -0.15) is 0 Å². The monoisotopic (exact) mass is 210 g/mol. The zero-order valence-corrected chi connectivity index (χ0v) is 9.59. The van der Waals surface area contributed by atoms with Crippen LogP contribution >= 0.6 is 0 Å². The Bertz CT molecular complexity index is 224. The lowest BCUT2D eigenvalue weighted by Crippen LogP contribution is -2.34. The maximum absolute atomic E-state index is 11.7. The molecule has 0 aromatic rings. The summed E-state index contributed by atoms with van der Waals surface area (Å²) in [5.41, 5.74) is 0. The molecule has 0 aromatic carbocycles. The van der Waals surface area contributed by atoms with Crippen LogP contribution in [-0.2, 0) is 4.79 Å². The van der Waals surface area contributed by atoms with E-state index in [0.717, 1.165) is 31.8 Å². The van der Waals surface area contributed by atoms with Gasteiger partial charge in [0.1, 0.15) is 0 Å². The molecule has 3 atom stereocenters. The molecule has 0 radical (unpaired) electrons. The Morgan fingerprint density at radius 3 is 2.87 bits per heavy atom. The first kappa shape index (κ1) is 10.9. The normalized spacial score (nSPS) is 35.7. The molecule has 15 heavy (non-hydrogen) atoms. The highest BCUT2D eigenvalue weighted by atomic mass is 16.1. The van der Waals surface area contributed by atoms with E-state index in [9.17, 15) is 4.79 Å². The van der Waals surface area contributed by atoms with Crippen LogP contribution in [0.4, 0.5) is 0 Å². The van der Waals surface area contributed by atoms with Gasteiger partial charge in [-0.05, 0) is 50.6 Å². The number of carbonyl (C=O) groups is 1. The minimum Gasteiger partial charge on any atom is -0.353 e. The number of amides is 1. The summed E-state index contributed by atoms with van der Waals surface area (Å²) >= 11 is 0. The summed E-state index contributed by atoms with van der Waals surface area (Å²) in [6.45, 7) is 4.37. The molecule has 1 saturated heterocycles. The summed E-state index contributed by atoms with van der Waals surface area (Å²) in [6.07, 6.45) is 5.51. The van der Waals surface area contributed by atoms with Gasteiger partial charge < -0.3 is 10.6 Å². The molecule has 2 fully saturated rings. The zero-order valence-electron chi connectivity index (χ0n) is 9.59. The van der Waals surface area contributed by atoms with E-state index in [-0.39, 0.29) is 5.91 Å². The predicted molar refractivity (Wildman–Crippen MR) is 60.5 cm³/mol. The second kappa shape index (κ2) is 4.97. The summed E-state index contributed by atoms with van der Waals surface area (Å²) in [5.74, 6) is 1.63. The number of hydrogen-bond donors (Lipinski definition) is 2. The first-order valence-electron chi connectivity index (χ1n) is 6.24. The van der Waals surface area contributed by atoms with Crippen molar-refractivity contribution in [1.82, 2.24) is 10.6 Å². The minimum absolute atomic E-state index is 0.266. The molecule has 1 amide bonds. The molecular formula is C12H22N2O. The first-order valence-corrected chi connectivity index (χ1v) is 6.24. The van der Waals surface area contributed by atoms with Crippen molar-refractivity contribution in [3.63, 3.8) is 0 Å². The van der Waals surface area contributed by atoms with Crippen LogP contribution in [0.2, 0.25) is 0 Å². The molecule has 2 aliphatic rings. The van der Waals surface area contributed by atoms with E-state index in [2.05, 4.69) is 17.6 Å². The summed E-state index contributed by atoms with van der Waals surface area (Å²) in [4.78, 5) is 11.7. The predicted octanol–water partition coefficient (Wildman–Crippen LogP) is 1.29. The molecule has 0 aromatic heterocycles. The molecule has 1 aliphatic heterocycles. The molecule has 3 heteroatoms. The molecule has 1 saturated carbocycles. The average Bonchev–Trinajstić information content (AvgIpc) is 2.77. The Kier molecular flexibility index (Phi) is 3.62. The van der Waals surface area contributed by atoms with E-state index in [0.29, 0.717) is 12.0 Å². The molecule has 1 heterocycles. The zero-order chi connectivity index (χ0) is 10.7. The van der Waals surface area contributed by atoms with Crippen LogP contribution < -0.4 is 10.6 Å². The van der Waals surface area contributed by atoms with Crippen LogP contribution in [0.5, 0.6) is 0 Å². The van der Waals surface area contributed by atoms with E-state index < -0.39 is 0 Å². The van der Waals surface area contributed by atoms with E-state index in [1.54, 1.807) is 0 Å². The van der Waals surface area contributed by atoms with Crippen LogP contribution in [0.1, 0.15) is 39.0 Å². The third-order valence-corrected chi connectivity index (χ3v) is 3.70. The maximum atomic E-state index is 11.7. The van der Waals surface area contributed by atoms with E-state index >= 15 is 0 Å². The van der Waals surface area contributed by atoms with Crippen molar-refractivity contribution in [2.45, 2.75) is 45.1 Å². The molecule has 1 aliphatic carbocycles. The number of carbonyl (C=O) groups excluding carboxylic acids is 1. The fourth-order valence-electron chi connectivity index (χ4n) is 2.78. The first-order chi connectivity index (χ1) is 7.24. The Morgan fingerprint density at radius 2 is 2.27 bits per heavy atom. The fourth-order valence-corrected chi connectivity index (χ4v) is 2.78. The van der Waals surface area contributed by atoms with Gasteiger partial charge in [-0.3, -0.25) is 4.79 Å². The summed E-state index contributed by atoms with van der Waals surface area (Å²) < 4.78 is 0. The lowest BCUT2D eigenvalue weighted by atomic mass is 10.0. The van der Waals surface area contributed by atoms with Gasteiger partial charge in [-0.15, -0.1) is 0 Å². The quantitative estimate of drug-likeness (QED) is 0.737. The van der Waals surface area contributed by atoms with Gasteiger partial charge in [0.25, 0.3) is 0 Å². The highest BCUT2D eigenvalue weighted by molar-refractivity contribution is 5.76. The number of hydrogen-bond acceptors (Lipinski definition) is 2. The molecular weight excluding hydrogens is 188 g/mol. The van der Waals surface area contributed by atoms with Gasteiger partial charge in [0, 0.05) is 12.5 Å². The van der Waals surface area contributed by atoms with E-state index in [1.807, 2.05) is 0 Å². The third kappa shape index (κ3) is 3.20. The maximum Gasteiger partial charge on any atom is 0.220 e. The molecule has 2 rings (SSSR count). The summed E-state index contributed by atoms with van der Waals surface area (Å²) in [7, 11) is 0. The van der Waals surface area contributed by atoms with Crippen molar-refractivity contribution >= 4 is 5.91 Å². The molecule has 0 bridgehead atoms. The Hall–Kier alpha value is -0.570. The summed E-state index contributed by atoms with van der Waals surface area (Å²) in [6, 6.07) is 0.460. The van der Waals surface area contributed by atoms with Crippen LogP contribution in [0.25, 0.3) is 0 Å². The number of rotatable bonds is 3. The van der Waals surface area contributed by atoms with Crippen LogP contribution in [0.3, 0.4) is 0 Å². The number of nitrogens with one attached hydrogen (secondary N) is 2. The van der Waals surface area contributed by atoms with Crippen molar-refractivity contribution in [3.8, 4) is 0 Å². The Balaban J connectivity index is 1.67. The Labute approximate surface area is 92.0 Å². The largest absolute Gasteiger partial charge is 0.353 e. The third-order valence-electron chi connectivity index (χ3n) is 3.70. The smallest absolute Gasteiger partial charge is 0.220 e. The van der Waals surface area contributed by atoms with Gasteiger partial charge in [-0.1, -0.05) is 6.92 Å². The lowest BCUT2D eigenvalue weighted by molar-refractivity contribution is -0.122. The highest BCUT2D eigenvalue weighted by Crippen LogP contribution is 2.24. The highest BCUT2D eigenvalue weighted by Gasteiger charge is 2.24. The van der Waals surface area contributed by atoms with Crippen LogP contribution in [0.15, 0.2) is 0 Å². The molecule has 3 nitrogen and oxygen atoms in total. The van der Waals surface area contributed by atoms with Gasteiger partial charge in [0.2, 0.25) is 5.91 Å². The van der Waals surface area contributed by atoms with Crippen molar-refractivity contribution < 1.29 is 4.79 Å². The van der Waals surface area contributed by atoms with E-state index in [1.165, 1.54) is 19.3 Å². The molecule has 0 spiro atoms. The van der Waals surface area contributed by atoms with Crippen molar-refractivity contribution in [1.29, 1.82) is 0 Å². The standard InChI is InChI=1S/C12H22N2O/c1-9-2-3-11(6-9)14-12(15)7-10-4-5-13-8-10/h9-11,13H,2-8H2,1H3,(H,14,15). The van der Waals surface area contributed by atoms with Gasteiger partial charge >= 0.3 is 0 Å². The SMILES string of the molecule is CC1CCC(NC(=O)CC2CCNC2)C1. The molecule has 86 valence electrons. The van der Waals surface area contributed by atoms with Crippen molar-refractivity contribution in [2.24, 2.45) is 11.8 Å². The Morgan fingerprint density at radius 1 is 1.40 bits per heavy atom. The van der Waals surface area contributed by atoms with Crippen molar-refractivity contribution in [2.75, 3.05) is 13.1 Å². The lowest BCUT2D eigenvalue weighted by Gasteiger charge is -2.14. The average molecular weight is 210 g/mol. The van der Waals surface area contributed by atoms with Crippen molar-refractivity contribution in [3.05, 3.63) is 0 Å². The summed E-state index contributed by atoms with van der Waals surface area (Å²) in [5, 5.41) is 6.47. The van der Waals surface area contributed by atoms with Gasteiger partial charge in [-0.25, -0.2) is 0 Å². The second-order valence-corrected chi connectivity index (χ2v) is 5.25. The van der Waals surface area contributed by atoms with Gasteiger partial charge in [0.15, 0.2) is 0 Å². The molecule has 3 unspecified atom stereocenters. The molecule has 2 N–H and O–H groups in total. The van der Waals surface area contributed by atoms with Crippen LogP contribution in [-0.4, -0.2) is 25.0 Å². The van der Waals surface area contributed by atoms with E-state index in [4.69, 9.17) is 0 Å².